The van der Waals surface area contributed by atoms with Gasteiger partial charge in [-0.2, -0.15) is 0 Å². The summed E-state index contributed by atoms with van der Waals surface area (Å²) in [6.07, 6.45) is 1.31. The summed E-state index contributed by atoms with van der Waals surface area (Å²) in [6.45, 7) is 7.85. The van der Waals surface area contributed by atoms with Crippen LogP contribution in [0.15, 0.2) is 23.2 Å². The van der Waals surface area contributed by atoms with Crippen LogP contribution in [0.25, 0.3) is 0 Å². The number of alkyl carbamates (subject to hydrolysis) is 1. The van der Waals surface area contributed by atoms with E-state index in [-0.39, 0.29) is 12.1 Å². The molecule has 0 aromatic heterocycles. The molecule has 1 amide bonds. The molecule has 0 spiro atoms. The third kappa shape index (κ3) is 7.03. The number of hydrogen-bond donors (Lipinski definition) is 2. The van der Waals surface area contributed by atoms with Gasteiger partial charge in [0.1, 0.15) is 5.60 Å². The van der Waals surface area contributed by atoms with Crippen molar-refractivity contribution in [2.75, 3.05) is 40.9 Å². The highest BCUT2D eigenvalue weighted by Crippen LogP contribution is 2.27. The van der Waals surface area contributed by atoms with Crippen molar-refractivity contribution < 1.29 is 19.0 Å². The normalized spacial score (nSPS) is 17.1. The minimum absolute atomic E-state index is 0.0502. The SMILES string of the molecule is CN=C(NCCc1ccc(OC)c(OC)c1)N1CCC(NC(=O)OC(C)(C)C)C1. The number of benzene rings is 1. The lowest BCUT2D eigenvalue weighted by molar-refractivity contribution is 0.0507. The molecule has 8 heteroatoms. The molecular formula is C21H34N4O4. The molecule has 1 aromatic carbocycles. The second-order valence-electron chi connectivity index (χ2n) is 7.99. The van der Waals surface area contributed by atoms with Crippen molar-refractivity contribution in [3.8, 4) is 11.5 Å². The molecule has 1 aliphatic heterocycles. The quantitative estimate of drug-likeness (QED) is 0.558. The first-order valence-electron chi connectivity index (χ1n) is 9.91. The molecule has 1 fully saturated rings. The average Bonchev–Trinajstić information content (AvgIpc) is 3.11. The Morgan fingerprint density at radius 1 is 1.24 bits per heavy atom. The Balaban J connectivity index is 1.81. The van der Waals surface area contributed by atoms with E-state index in [1.807, 2.05) is 39.0 Å². The maximum Gasteiger partial charge on any atom is 0.407 e. The van der Waals surface area contributed by atoms with Crippen LogP contribution in [0.1, 0.15) is 32.8 Å². The Morgan fingerprint density at radius 2 is 1.97 bits per heavy atom. The molecule has 2 rings (SSSR count). The average molecular weight is 407 g/mol. The van der Waals surface area contributed by atoms with Crippen molar-refractivity contribution in [2.24, 2.45) is 4.99 Å². The zero-order valence-corrected chi connectivity index (χ0v) is 18.4. The first kappa shape index (κ1) is 22.6. The Morgan fingerprint density at radius 3 is 2.59 bits per heavy atom. The lowest BCUT2D eigenvalue weighted by Crippen LogP contribution is -2.44. The van der Waals surface area contributed by atoms with E-state index in [9.17, 15) is 4.79 Å². The first-order chi connectivity index (χ1) is 13.8. The Hall–Kier alpha value is -2.64. The summed E-state index contributed by atoms with van der Waals surface area (Å²) in [5, 5.41) is 6.34. The molecule has 1 aromatic rings. The zero-order chi connectivity index (χ0) is 21.4. The Kier molecular flexibility index (Phi) is 7.99. The molecule has 162 valence electrons. The summed E-state index contributed by atoms with van der Waals surface area (Å²) in [5.74, 6) is 2.28. The predicted octanol–water partition coefficient (Wildman–Crippen LogP) is 2.42. The molecule has 1 aliphatic rings. The Labute approximate surface area is 173 Å². The molecule has 2 N–H and O–H groups in total. The fourth-order valence-corrected chi connectivity index (χ4v) is 3.23. The largest absolute Gasteiger partial charge is 0.493 e. The third-order valence-electron chi connectivity index (χ3n) is 4.57. The van der Waals surface area contributed by atoms with Gasteiger partial charge in [-0.25, -0.2) is 4.79 Å². The van der Waals surface area contributed by atoms with E-state index in [1.54, 1.807) is 21.3 Å². The van der Waals surface area contributed by atoms with Crippen LogP contribution >= 0.6 is 0 Å². The first-order valence-corrected chi connectivity index (χ1v) is 9.91. The van der Waals surface area contributed by atoms with Crippen molar-refractivity contribution in [1.29, 1.82) is 0 Å². The second kappa shape index (κ2) is 10.2. The van der Waals surface area contributed by atoms with Crippen LogP contribution in [-0.4, -0.2) is 69.5 Å². The van der Waals surface area contributed by atoms with Gasteiger partial charge in [0.05, 0.1) is 20.3 Å². The van der Waals surface area contributed by atoms with Crippen LogP contribution in [0.3, 0.4) is 0 Å². The van der Waals surface area contributed by atoms with E-state index < -0.39 is 5.60 Å². The highest BCUT2D eigenvalue weighted by molar-refractivity contribution is 5.80. The number of rotatable bonds is 6. The van der Waals surface area contributed by atoms with E-state index in [1.165, 1.54) is 0 Å². The predicted molar refractivity (Wildman–Crippen MR) is 114 cm³/mol. The fourth-order valence-electron chi connectivity index (χ4n) is 3.23. The van der Waals surface area contributed by atoms with Crippen molar-refractivity contribution in [3.05, 3.63) is 23.8 Å². The number of carbonyl (C=O) groups excluding carboxylic acids is 1. The lowest BCUT2D eigenvalue weighted by Gasteiger charge is -2.23. The van der Waals surface area contributed by atoms with Gasteiger partial charge in [-0.05, 0) is 51.3 Å². The number of methoxy groups -OCH3 is 2. The summed E-state index contributed by atoms with van der Waals surface area (Å²) < 4.78 is 16.0. The highest BCUT2D eigenvalue weighted by Gasteiger charge is 2.27. The van der Waals surface area contributed by atoms with Crippen LogP contribution in [0.4, 0.5) is 4.79 Å². The summed E-state index contributed by atoms with van der Waals surface area (Å²) >= 11 is 0. The Bertz CT molecular complexity index is 715. The maximum atomic E-state index is 12.0. The molecule has 1 saturated heterocycles. The highest BCUT2D eigenvalue weighted by atomic mass is 16.6. The standard InChI is InChI=1S/C21H34N4O4/c1-21(2,3)29-20(26)24-16-10-12-25(14-16)19(22-4)23-11-9-15-7-8-17(27-5)18(13-15)28-6/h7-8,13,16H,9-12,14H2,1-6H3,(H,22,23)(H,24,26). The number of carbonyl (C=O) groups is 1. The number of hydrogen-bond acceptors (Lipinski definition) is 5. The smallest absolute Gasteiger partial charge is 0.407 e. The molecule has 1 heterocycles. The topological polar surface area (TPSA) is 84.4 Å². The third-order valence-corrected chi connectivity index (χ3v) is 4.57. The van der Waals surface area contributed by atoms with Crippen LogP contribution in [-0.2, 0) is 11.2 Å². The van der Waals surface area contributed by atoms with E-state index in [4.69, 9.17) is 14.2 Å². The van der Waals surface area contributed by atoms with E-state index in [2.05, 4.69) is 20.5 Å². The molecule has 0 aliphatic carbocycles. The van der Waals surface area contributed by atoms with E-state index in [0.29, 0.717) is 6.54 Å². The monoisotopic (exact) mass is 406 g/mol. The van der Waals surface area contributed by atoms with Crippen LogP contribution in [0.2, 0.25) is 0 Å². The number of likely N-dealkylation sites (tertiary alicyclic amines) is 1. The molecule has 0 saturated carbocycles. The van der Waals surface area contributed by atoms with Gasteiger partial charge in [-0.1, -0.05) is 6.07 Å². The van der Waals surface area contributed by atoms with Gasteiger partial charge >= 0.3 is 6.09 Å². The molecule has 0 bridgehead atoms. The number of nitrogens with one attached hydrogen (secondary N) is 2. The van der Waals surface area contributed by atoms with Crippen molar-refractivity contribution in [2.45, 2.75) is 45.3 Å². The maximum absolute atomic E-state index is 12.0. The van der Waals surface area contributed by atoms with Gasteiger partial charge in [0.25, 0.3) is 0 Å². The van der Waals surface area contributed by atoms with Crippen molar-refractivity contribution in [1.82, 2.24) is 15.5 Å². The van der Waals surface area contributed by atoms with Gasteiger partial charge in [0.15, 0.2) is 17.5 Å². The minimum Gasteiger partial charge on any atom is -0.493 e. The van der Waals surface area contributed by atoms with Gasteiger partial charge in [-0.15, -0.1) is 0 Å². The number of aliphatic imine (C=N–C) groups is 1. The fraction of sp³-hybridized carbons (Fsp3) is 0.619. The number of ether oxygens (including phenoxy) is 3. The van der Waals surface area contributed by atoms with E-state index in [0.717, 1.165) is 49.0 Å². The number of amides is 1. The van der Waals surface area contributed by atoms with Gasteiger partial charge in [0.2, 0.25) is 0 Å². The van der Waals surface area contributed by atoms with E-state index >= 15 is 0 Å². The molecule has 1 atom stereocenters. The minimum atomic E-state index is -0.496. The summed E-state index contributed by atoms with van der Waals surface area (Å²) in [4.78, 5) is 18.5. The number of guanidine groups is 1. The van der Waals surface area contributed by atoms with Gasteiger partial charge in [0, 0.05) is 26.7 Å². The summed E-state index contributed by atoms with van der Waals surface area (Å²) in [6, 6.07) is 5.98. The zero-order valence-electron chi connectivity index (χ0n) is 18.4. The van der Waals surface area contributed by atoms with Crippen LogP contribution in [0.5, 0.6) is 11.5 Å². The van der Waals surface area contributed by atoms with Gasteiger partial charge in [-0.3, -0.25) is 4.99 Å². The second-order valence-corrected chi connectivity index (χ2v) is 7.99. The summed E-state index contributed by atoms with van der Waals surface area (Å²) in [5.41, 5.74) is 0.654. The molecule has 29 heavy (non-hydrogen) atoms. The molecule has 8 nitrogen and oxygen atoms in total. The van der Waals surface area contributed by atoms with Crippen molar-refractivity contribution >= 4 is 12.1 Å². The van der Waals surface area contributed by atoms with Crippen LogP contribution < -0.4 is 20.1 Å². The van der Waals surface area contributed by atoms with Gasteiger partial charge < -0.3 is 29.7 Å². The molecule has 0 radical (unpaired) electrons. The summed E-state index contributed by atoms with van der Waals surface area (Å²) in [7, 11) is 5.04. The van der Waals surface area contributed by atoms with Crippen LogP contribution in [0, 0.1) is 0 Å². The molecule has 1 unspecified atom stereocenters. The lowest BCUT2D eigenvalue weighted by atomic mass is 10.1. The number of nitrogens with zero attached hydrogens (tertiary/aromatic N) is 2. The van der Waals surface area contributed by atoms with Crippen molar-refractivity contribution in [3.63, 3.8) is 0 Å². The molecular weight excluding hydrogens is 372 g/mol.